The van der Waals surface area contributed by atoms with Crippen molar-refractivity contribution < 1.29 is 29.0 Å². The molecule has 33 heavy (non-hydrogen) atoms. The van der Waals surface area contributed by atoms with E-state index in [0.717, 1.165) is 5.56 Å². The molecule has 0 radical (unpaired) electrons. The Morgan fingerprint density at radius 2 is 1.79 bits per heavy atom. The van der Waals surface area contributed by atoms with Crippen LogP contribution >= 0.6 is 0 Å². The van der Waals surface area contributed by atoms with Crippen LogP contribution in [0.4, 0.5) is 10.5 Å². The number of ether oxygens (including phenoxy) is 2. The fourth-order valence-electron chi connectivity index (χ4n) is 3.78. The minimum absolute atomic E-state index is 0.0212. The van der Waals surface area contributed by atoms with Gasteiger partial charge in [-0.15, -0.1) is 0 Å². The van der Waals surface area contributed by atoms with Crippen LogP contribution in [0.15, 0.2) is 24.3 Å². The molecule has 1 aliphatic rings. The zero-order chi connectivity index (χ0) is 24.8. The second kappa shape index (κ2) is 11.0. The number of nitrogens with zero attached hydrogens (tertiary/aromatic N) is 1. The first-order valence-electron chi connectivity index (χ1n) is 11.5. The van der Waals surface area contributed by atoms with Crippen LogP contribution in [-0.4, -0.2) is 58.9 Å². The normalized spacial score (nSPS) is 17.4. The van der Waals surface area contributed by atoms with Crippen LogP contribution < -0.4 is 5.32 Å². The molecule has 8 nitrogen and oxygen atoms in total. The quantitative estimate of drug-likeness (QED) is 0.598. The van der Waals surface area contributed by atoms with Crippen molar-refractivity contribution >= 4 is 23.7 Å². The first kappa shape index (κ1) is 26.6. The number of aliphatic hydroxyl groups excluding tert-OH is 1. The molecule has 1 saturated heterocycles. The van der Waals surface area contributed by atoms with Gasteiger partial charge in [0.05, 0.1) is 18.9 Å². The van der Waals surface area contributed by atoms with Crippen molar-refractivity contribution in [1.29, 1.82) is 0 Å². The van der Waals surface area contributed by atoms with Gasteiger partial charge in [0.15, 0.2) is 0 Å². The molecule has 184 valence electrons. The summed E-state index contributed by atoms with van der Waals surface area (Å²) in [7, 11) is 0. The maximum atomic E-state index is 13.1. The van der Waals surface area contributed by atoms with Crippen molar-refractivity contribution in [3.63, 3.8) is 0 Å². The van der Waals surface area contributed by atoms with Gasteiger partial charge in [0, 0.05) is 18.8 Å². The zero-order valence-electron chi connectivity index (χ0n) is 20.6. The summed E-state index contributed by atoms with van der Waals surface area (Å²) < 4.78 is 11.2. The number of rotatable bonds is 7. The number of benzene rings is 1. The van der Waals surface area contributed by atoms with E-state index in [9.17, 15) is 14.4 Å². The monoisotopic (exact) mass is 462 g/mol. The lowest BCUT2D eigenvalue weighted by molar-refractivity contribution is -0.162. The molecule has 2 N–H and O–H groups in total. The van der Waals surface area contributed by atoms with Gasteiger partial charge >= 0.3 is 12.1 Å². The van der Waals surface area contributed by atoms with E-state index in [0.29, 0.717) is 31.6 Å². The Kier molecular flexibility index (Phi) is 8.89. The smallest absolute Gasteiger partial charge is 0.410 e. The van der Waals surface area contributed by atoms with Gasteiger partial charge in [-0.3, -0.25) is 9.59 Å². The number of nitrogens with one attached hydrogen (secondary N) is 1. The third kappa shape index (κ3) is 9.04. The van der Waals surface area contributed by atoms with Crippen molar-refractivity contribution in [2.24, 2.45) is 11.8 Å². The van der Waals surface area contributed by atoms with Crippen LogP contribution in [0.3, 0.4) is 0 Å². The van der Waals surface area contributed by atoms with E-state index < -0.39 is 17.1 Å². The minimum Gasteiger partial charge on any atom is -0.460 e. The third-order valence-electron chi connectivity index (χ3n) is 5.16. The predicted molar refractivity (Wildman–Crippen MR) is 126 cm³/mol. The van der Waals surface area contributed by atoms with Crippen molar-refractivity contribution in [1.82, 2.24) is 4.90 Å². The Morgan fingerprint density at radius 1 is 1.12 bits per heavy atom. The van der Waals surface area contributed by atoms with E-state index in [-0.39, 0.29) is 36.9 Å². The molecule has 0 saturated carbocycles. The zero-order valence-corrected chi connectivity index (χ0v) is 20.6. The lowest BCUT2D eigenvalue weighted by atomic mass is 9.86. The molecular weight excluding hydrogens is 424 g/mol. The Labute approximate surface area is 196 Å². The molecule has 1 aromatic carbocycles. The number of amides is 2. The highest BCUT2D eigenvalue weighted by Gasteiger charge is 2.39. The first-order valence-corrected chi connectivity index (χ1v) is 11.5. The van der Waals surface area contributed by atoms with Gasteiger partial charge in [-0.05, 0) is 78.0 Å². The highest BCUT2D eigenvalue weighted by atomic mass is 16.6. The summed E-state index contributed by atoms with van der Waals surface area (Å²) in [6, 6.07) is 7.31. The molecule has 2 rings (SSSR count). The number of carbonyl (C=O) groups excluding carboxylic acids is 3. The summed E-state index contributed by atoms with van der Waals surface area (Å²) >= 11 is 0. The predicted octanol–water partition coefficient (Wildman–Crippen LogP) is 3.76. The lowest BCUT2D eigenvalue weighted by Crippen LogP contribution is -2.38. The highest BCUT2D eigenvalue weighted by molar-refractivity contribution is 5.90. The summed E-state index contributed by atoms with van der Waals surface area (Å²) in [6.45, 7) is 11.7. The van der Waals surface area contributed by atoms with E-state index in [1.54, 1.807) is 11.0 Å². The molecule has 0 aromatic heterocycles. The molecule has 0 aliphatic carbocycles. The van der Waals surface area contributed by atoms with Crippen molar-refractivity contribution in [3.05, 3.63) is 29.8 Å². The SMILES string of the molecule is CC(C)(C)OC(=O)[C@@H](Cc1cccc(NC(=O)CCO)c1)[C@H]1CCN(C(=O)OC(C)(C)C)C1. The molecule has 1 heterocycles. The van der Waals surface area contributed by atoms with Crippen LogP contribution in [-0.2, 0) is 25.5 Å². The number of likely N-dealkylation sites (tertiary alicyclic amines) is 1. The molecule has 1 fully saturated rings. The Hall–Kier alpha value is -2.61. The molecule has 1 aromatic rings. The number of hydrogen-bond acceptors (Lipinski definition) is 6. The van der Waals surface area contributed by atoms with Crippen LogP contribution in [0, 0.1) is 11.8 Å². The number of anilines is 1. The number of aliphatic hydroxyl groups is 1. The lowest BCUT2D eigenvalue weighted by Gasteiger charge is -2.28. The van der Waals surface area contributed by atoms with Crippen LogP contribution in [0.5, 0.6) is 0 Å². The van der Waals surface area contributed by atoms with Gasteiger partial charge in [0.1, 0.15) is 11.2 Å². The number of esters is 1. The summed E-state index contributed by atoms with van der Waals surface area (Å²) in [6.07, 6.45) is 0.746. The Morgan fingerprint density at radius 3 is 2.39 bits per heavy atom. The first-order chi connectivity index (χ1) is 15.3. The Balaban J connectivity index is 2.18. The van der Waals surface area contributed by atoms with Crippen LogP contribution in [0.2, 0.25) is 0 Å². The minimum atomic E-state index is -0.626. The van der Waals surface area contributed by atoms with Crippen molar-refractivity contribution in [2.75, 3.05) is 25.0 Å². The van der Waals surface area contributed by atoms with Gasteiger partial charge in [0.25, 0.3) is 0 Å². The summed E-state index contributed by atoms with van der Waals surface area (Å²) in [5.41, 5.74) is 0.276. The standard InChI is InChI=1S/C25H38N2O6/c1-24(2,3)32-22(30)20(18-10-12-27(16-18)23(31)33-25(4,5)6)15-17-8-7-9-19(14-17)26-21(29)11-13-28/h7-9,14,18,20,28H,10-13,15-16H2,1-6H3,(H,26,29)/t18-,20-/m0/s1. The van der Waals surface area contributed by atoms with E-state index in [1.165, 1.54) is 0 Å². The van der Waals surface area contributed by atoms with E-state index in [2.05, 4.69) is 5.32 Å². The van der Waals surface area contributed by atoms with Gasteiger partial charge in [0.2, 0.25) is 5.91 Å². The molecule has 0 bridgehead atoms. The maximum Gasteiger partial charge on any atom is 0.410 e. The Bertz CT molecular complexity index is 840. The largest absolute Gasteiger partial charge is 0.460 e. The number of carbonyl (C=O) groups is 3. The molecule has 8 heteroatoms. The molecule has 1 aliphatic heterocycles. The second-order valence-electron chi connectivity index (χ2n) is 10.5. The molecular formula is C25H38N2O6. The van der Waals surface area contributed by atoms with E-state index >= 15 is 0 Å². The van der Waals surface area contributed by atoms with Crippen molar-refractivity contribution in [3.8, 4) is 0 Å². The van der Waals surface area contributed by atoms with Gasteiger partial charge in [-0.1, -0.05) is 12.1 Å². The van der Waals surface area contributed by atoms with Crippen LogP contribution in [0.1, 0.15) is 59.9 Å². The maximum absolute atomic E-state index is 13.1. The molecule has 0 spiro atoms. The summed E-state index contributed by atoms with van der Waals surface area (Å²) in [5.74, 6) is -1.09. The topological polar surface area (TPSA) is 105 Å². The molecule has 2 amide bonds. The average Bonchev–Trinajstić information content (AvgIpc) is 3.14. The fraction of sp³-hybridized carbons (Fsp3) is 0.640. The average molecular weight is 463 g/mol. The summed E-state index contributed by atoms with van der Waals surface area (Å²) in [4.78, 5) is 39.1. The number of hydrogen-bond donors (Lipinski definition) is 2. The van der Waals surface area contributed by atoms with Gasteiger partial charge in [-0.25, -0.2) is 4.79 Å². The highest BCUT2D eigenvalue weighted by Crippen LogP contribution is 2.31. The van der Waals surface area contributed by atoms with Gasteiger partial charge < -0.3 is 24.8 Å². The van der Waals surface area contributed by atoms with E-state index in [4.69, 9.17) is 14.6 Å². The molecule has 0 unspecified atom stereocenters. The summed E-state index contributed by atoms with van der Waals surface area (Å²) in [5, 5.41) is 11.7. The fourth-order valence-corrected chi connectivity index (χ4v) is 3.78. The second-order valence-corrected chi connectivity index (χ2v) is 10.5. The molecule has 2 atom stereocenters. The van der Waals surface area contributed by atoms with Crippen LogP contribution in [0.25, 0.3) is 0 Å². The third-order valence-corrected chi connectivity index (χ3v) is 5.16. The van der Waals surface area contributed by atoms with Gasteiger partial charge in [-0.2, -0.15) is 0 Å². The van der Waals surface area contributed by atoms with Crippen molar-refractivity contribution in [2.45, 2.75) is 72.0 Å². The van der Waals surface area contributed by atoms with E-state index in [1.807, 2.05) is 59.7 Å².